The summed E-state index contributed by atoms with van der Waals surface area (Å²) in [5.74, 6) is -0.719. The lowest BCUT2D eigenvalue weighted by Crippen LogP contribution is -2.10. The molecule has 1 heterocycles. The van der Waals surface area contributed by atoms with Crippen molar-refractivity contribution in [2.24, 2.45) is 0 Å². The second-order valence-corrected chi connectivity index (χ2v) is 4.57. The number of carbonyl (C=O) groups is 1. The van der Waals surface area contributed by atoms with Crippen LogP contribution in [-0.4, -0.2) is 17.6 Å². The molecule has 0 aliphatic carbocycles. The van der Waals surface area contributed by atoms with Crippen LogP contribution in [0, 0.1) is 5.82 Å². The predicted molar refractivity (Wildman–Crippen MR) is 78.6 cm³/mol. The summed E-state index contributed by atoms with van der Waals surface area (Å²) >= 11 is 0. The molecule has 1 atom stereocenters. The Morgan fingerprint density at radius 2 is 2.19 bits per heavy atom. The quantitative estimate of drug-likeness (QED) is 0.855. The van der Waals surface area contributed by atoms with E-state index in [1.807, 2.05) is 13.0 Å². The number of halogens is 1. The summed E-state index contributed by atoms with van der Waals surface area (Å²) in [5, 5.41) is 3.22. The first-order valence-electron chi connectivity index (χ1n) is 6.75. The van der Waals surface area contributed by atoms with Crippen LogP contribution in [0.15, 0.2) is 42.6 Å². The second kappa shape index (κ2) is 6.83. The highest BCUT2D eigenvalue weighted by Gasteiger charge is 2.10. The normalized spacial score (nSPS) is 11.8. The Morgan fingerprint density at radius 1 is 1.38 bits per heavy atom. The van der Waals surface area contributed by atoms with Crippen molar-refractivity contribution in [3.63, 3.8) is 0 Å². The SMILES string of the molecule is CCOC(=O)c1cccc(NC(C)c2ccc(F)cn2)c1. The molecular formula is C16H17FN2O2. The van der Waals surface area contributed by atoms with E-state index >= 15 is 0 Å². The number of esters is 1. The number of pyridine rings is 1. The summed E-state index contributed by atoms with van der Waals surface area (Å²) in [6.45, 7) is 4.02. The van der Waals surface area contributed by atoms with Gasteiger partial charge in [0.05, 0.1) is 30.1 Å². The van der Waals surface area contributed by atoms with Gasteiger partial charge in [-0.05, 0) is 44.2 Å². The molecular weight excluding hydrogens is 271 g/mol. The van der Waals surface area contributed by atoms with Crippen LogP contribution in [0.3, 0.4) is 0 Å². The third-order valence-corrected chi connectivity index (χ3v) is 2.95. The summed E-state index contributed by atoms with van der Waals surface area (Å²) in [6, 6.07) is 9.94. The number of hydrogen-bond donors (Lipinski definition) is 1. The minimum absolute atomic E-state index is 0.108. The molecule has 1 N–H and O–H groups in total. The first-order valence-corrected chi connectivity index (χ1v) is 6.75. The topological polar surface area (TPSA) is 51.2 Å². The van der Waals surface area contributed by atoms with E-state index in [4.69, 9.17) is 4.74 Å². The molecule has 2 rings (SSSR count). The van der Waals surface area contributed by atoms with E-state index in [2.05, 4.69) is 10.3 Å². The van der Waals surface area contributed by atoms with Crippen LogP contribution in [0.25, 0.3) is 0 Å². The standard InChI is InChI=1S/C16H17FN2O2/c1-3-21-16(20)12-5-4-6-14(9-12)19-11(2)15-8-7-13(17)10-18-15/h4-11,19H,3H2,1-2H3. The van der Waals surface area contributed by atoms with Crippen molar-refractivity contribution in [3.05, 3.63) is 59.7 Å². The Morgan fingerprint density at radius 3 is 2.86 bits per heavy atom. The van der Waals surface area contributed by atoms with Gasteiger partial charge in [0.1, 0.15) is 5.82 Å². The van der Waals surface area contributed by atoms with Gasteiger partial charge >= 0.3 is 5.97 Å². The molecule has 21 heavy (non-hydrogen) atoms. The maximum Gasteiger partial charge on any atom is 0.338 e. The number of nitrogens with zero attached hydrogens (tertiary/aromatic N) is 1. The number of aromatic nitrogens is 1. The Kier molecular flexibility index (Phi) is 4.87. The molecule has 0 radical (unpaired) electrons. The third-order valence-electron chi connectivity index (χ3n) is 2.95. The van der Waals surface area contributed by atoms with Crippen LogP contribution in [0.1, 0.15) is 35.9 Å². The Balaban J connectivity index is 2.10. The maximum atomic E-state index is 12.9. The summed E-state index contributed by atoms with van der Waals surface area (Å²) in [7, 11) is 0. The van der Waals surface area contributed by atoms with Crippen LogP contribution < -0.4 is 5.32 Å². The van der Waals surface area contributed by atoms with Gasteiger partial charge in [-0.3, -0.25) is 4.98 Å². The molecule has 4 nitrogen and oxygen atoms in total. The molecule has 0 aliphatic heterocycles. The van der Waals surface area contributed by atoms with E-state index in [-0.39, 0.29) is 17.8 Å². The molecule has 0 fully saturated rings. The van der Waals surface area contributed by atoms with Crippen LogP contribution in [-0.2, 0) is 4.74 Å². The minimum Gasteiger partial charge on any atom is -0.462 e. The molecule has 0 spiro atoms. The lowest BCUT2D eigenvalue weighted by Gasteiger charge is -2.15. The lowest BCUT2D eigenvalue weighted by molar-refractivity contribution is 0.0526. The Hall–Kier alpha value is -2.43. The second-order valence-electron chi connectivity index (χ2n) is 4.57. The molecule has 0 amide bonds. The first-order chi connectivity index (χ1) is 10.1. The van der Waals surface area contributed by atoms with E-state index in [0.717, 1.165) is 11.4 Å². The van der Waals surface area contributed by atoms with Crippen LogP contribution >= 0.6 is 0 Å². The van der Waals surface area contributed by atoms with Crippen LogP contribution in [0.5, 0.6) is 0 Å². The highest BCUT2D eigenvalue weighted by atomic mass is 19.1. The van der Waals surface area contributed by atoms with E-state index in [9.17, 15) is 9.18 Å². The maximum absolute atomic E-state index is 12.9. The summed E-state index contributed by atoms with van der Waals surface area (Å²) in [6.07, 6.45) is 1.18. The fourth-order valence-electron chi connectivity index (χ4n) is 1.92. The van der Waals surface area contributed by atoms with E-state index in [1.165, 1.54) is 12.3 Å². The molecule has 0 bridgehead atoms. The zero-order chi connectivity index (χ0) is 15.2. The highest BCUT2D eigenvalue weighted by molar-refractivity contribution is 5.90. The monoisotopic (exact) mass is 288 g/mol. The van der Waals surface area contributed by atoms with Crippen LogP contribution in [0.4, 0.5) is 10.1 Å². The average molecular weight is 288 g/mol. The summed E-state index contributed by atoms with van der Waals surface area (Å²) < 4.78 is 17.8. The molecule has 1 aromatic heterocycles. The number of benzene rings is 1. The van der Waals surface area contributed by atoms with Crippen molar-refractivity contribution in [1.29, 1.82) is 0 Å². The molecule has 1 aromatic carbocycles. The average Bonchev–Trinajstić information content (AvgIpc) is 2.48. The fraction of sp³-hybridized carbons (Fsp3) is 0.250. The number of ether oxygens (including phenoxy) is 1. The molecule has 0 saturated heterocycles. The smallest absolute Gasteiger partial charge is 0.338 e. The van der Waals surface area contributed by atoms with Gasteiger partial charge in [0, 0.05) is 5.69 Å². The van der Waals surface area contributed by atoms with Crippen molar-refractivity contribution in [1.82, 2.24) is 4.98 Å². The lowest BCUT2D eigenvalue weighted by atomic mass is 10.1. The van der Waals surface area contributed by atoms with Gasteiger partial charge in [0.25, 0.3) is 0 Å². The molecule has 0 saturated carbocycles. The first kappa shape index (κ1) is 15.0. The largest absolute Gasteiger partial charge is 0.462 e. The van der Waals surface area contributed by atoms with Gasteiger partial charge in [-0.25, -0.2) is 9.18 Å². The third kappa shape index (κ3) is 4.02. The zero-order valence-electron chi connectivity index (χ0n) is 12.0. The Bertz CT molecular complexity index is 614. The van der Waals surface area contributed by atoms with Crippen molar-refractivity contribution >= 4 is 11.7 Å². The molecule has 110 valence electrons. The van der Waals surface area contributed by atoms with Crippen molar-refractivity contribution < 1.29 is 13.9 Å². The zero-order valence-corrected chi connectivity index (χ0v) is 12.0. The van der Waals surface area contributed by atoms with Gasteiger partial charge in [-0.15, -0.1) is 0 Å². The number of rotatable bonds is 5. The Labute approximate surface area is 123 Å². The number of anilines is 1. The predicted octanol–water partition coefficient (Wildman–Crippen LogP) is 3.57. The fourth-order valence-corrected chi connectivity index (χ4v) is 1.92. The molecule has 2 aromatic rings. The van der Waals surface area contributed by atoms with Gasteiger partial charge in [-0.1, -0.05) is 6.07 Å². The van der Waals surface area contributed by atoms with E-state index in [0.29, 0.717) is 12.2 Å². The number of carbonyl (C=O) groups excluding carboxylic acids is 1. The molecule has 1 unspecified atom stereocenters. The van der Waals surface area contributed by atoms with Crippen LogP contribution in [0.2, 0.25) is 0 Å². The van der Waals surface area contributed by atoms with Crippen molar-refractivity contribution in [2.45, 2.75) is 19.9 Å². The van der Waals surface area contributed by atoms with Gasteiger partial charge < -0.3 is 10.1 Å². The van der Waals surface area contributed by atoms with Crippen molar-refractivity contribution in [2.75, 3.05) is 11.9 Å². The van der Waals surface area contributed by atoms with Gasteiger partial charge in [0.15, 0.2) is 0 Å². The van der Waals surface area contributed by atoms with Gasteiger partial charge in [-0.2, -0.15) is 0 Å². The van der Waals surface area contributed by atoms with E-state index in [1.54, 1.807) is 31.2 Å². The summed E-state index contributed by atoms with van der Waals surface area (Å²) in [5.41, 5.74) is 1.98. The highest BCUT2D eigenvalue weighted by Crippen LogP contribution is 2.19. The summed E-state index contributed by atoms with van der Waals surface area (Å²) in [4.78, 5) is 15.7. The number of hydrogen-bond acceptors (Lipinski definition) is 4. The molecule has 5 heteroatoms. The van der Waals surface area contributed by atoms with E-state index < -0.39 is 0 Å². The minimum atomic E-state index is -0.366. The number of nitrogens with one attached hydrogen (secondary N) is 1. The van der Waals surface area contributed by atoms with Crippen molar-refractivity contribution in [3.8, 4) is 0 Å². The van der Waals surface area contributed by atoms with Gasteiger partial charge in [0.2, 0.25) is 0 Å². The molecule has 0 aliphatic rings.